The van der Waals surface area contributed by atoms with E-state index in [4.69, 9.17) is 0 Å². The minimum absolute atomic E-state index is 0.617. The Kier molecular flexibility index (Phi) is 5.45. The summed E-state index contributed by atoms with van der Waals surface area (Å²) >= 11 is 0. The smallest absolute Gasteiger partial charge is 0.0247 e. The first-order valence-corrected chi connectivity index (χ1v) is 8.42. The molecule has 1 aliphatic heterocycles. The lowest BCUT2D eigenvalue weighted by molar-refractivity contribution is 0.0783. The molecule has 1 heterocycles. The monoisotopic (exact) mass is 288 g/mol. The maximum Gasteiger partial charge on any atom is 0.0247 e. The average molecular weight is 288 g/mol. The van der Waals surface area contributed by atoms with Crippen molar-refractivity contribution in [2.45, 2.75) is 60.2 Å². The van der Waals surface area contributed by atoms with E-state index in [-0.39, 0.29) is 0 Å². The minimum atomic E-state index is 0.617. The zero-order chi connectivity index (χ0) is 15.6. The maximum atomic E-state index is 3.74. The van der Waals surface area contributed by atoms with Crippen LogP contribution >= 0.6 is 0 Å². The van der Waals surface area contributed by atoms with Crippen molar-refractivity contribution >= 4 is 0 Å². The van der Waals surface area contributed by atoms with Gasteiger partial charge in [-0.2, -0.15) is 0 Å². The number of aryl methyl sites for hydroxylation is 2. The zero-order valence-electron chi connectivity index (χ0n) is 14.6. The van der Waals surface area contributed by atoms with Crippen molar-refractivity contribution in [3.8, 4) is 0 Å². The number of rotatable bonds is 4. The van der Waals surface area contributed by atoms with Gasteiger partial charge in [-0.3, -0.25) is 4.90 Å². The fourth-order valence-corrected chi connectivity index (χ4v) is 3.28. The third-order valence-electron chi connectivity index (χ3n) is 5.02. The van der Waals surface area contributed by atoms with Crippen molar-refractivity contribution in [2.75, 3.05) is 13.1 Å². The van der Waals surface area contributed by atoms with Gasteiger partial charge in [0.2, 0.25) is 0 Å². The van der Waals surface area contributed by atoms with Crippen LogP contribution in [0.25, 0.3) is 0 Å². The molecule has 0 spiro atoms. The van der Waals surface area contributed by atoms with Crippen LogP contribution in [0.5, 0.6) is 0 Å². The predicted molar refractivity (Wildman–Crippen MR) is 91.6 cm³/mol. The molecule has 0 aliphatic carbocycles. The predicted octanol–water partition coefficient (Wildman–Crippen LogP) is 3.76. The van der Waals surface area contributed by atoms with Crippen LogP contribution in [-0.4, -0.2) is 30.1 Å². The second-order valence-corrected chi connectivity index (χ2v) is 7.42. The van der Waals surface area contributed by atoms with Gasteiger partial charge in [0.05, 0.1) is 0 Å². The van der Waals surface area contributed by atoms with Gasteiger partial charge >= 0.3 is 0 Å². The lowest BCUT2D eigenvalue weighted by Crippen LogP contribution is -2.59. The largest absolute Gasteiger partial charge is 0.311 e. The Morgan fingerprint density at radius 2 is 1.81 bits per heavy atom. The first-order valence-electron chi connectivity index (χ1n) is 8.42. The molecule has 1 fully saturated rings. The number of nitrogens with one attached hydrogen (secondary N) is 1. The van der Waals surface area contributed by atoms with Crippen LogP contribution in [0.2, 0.25) is 0 Å². The molecule has 21 heavy (non-hydrogen) atoms. The Morgan fingerprint density at radius 1 is 1.10 bits per heavy atom. The van der Waals surface area contributed by atoms with E-state index in [2.05, 4.69) is 70.0 Å². The average Bonchev–Trinajstić information content (AvgIpc) is 2.42. The number of nitrogens with zero attached hydrogens (tertiary/aromatic N) is 1. The van der Waals surface area contributed by atoms with Crippen LogP contribution in [0.15, 0.2) is 18.2 Å². The van der Waals surface area contributed by atoms with Crippen LogP contribution in [0.3, 0.4) is 0 Å². The lowest BCUT2D eigenvalue weighted by atomic mass is 9.93. The summed E-state index contributed by atoms with van der Waals surface area (Å²) in [7, 11) is 0. The molecule has 1 saturated heterocycles. The molecule has 0 radical (unpaired) electrons. The van der Waals surface area contributed by atoms with E-state index in [0.717, 1.165) is 19.6 Å². The molecule has 0 bridgehead atoms. The summed E-state index contributed by atoms with van der Waals surface area (Å²) in [6, 6.07) is 8.18. The van der Waals surface area contributed by atoms with Crippen molar-refractivity contribution in [1.29, 1.82) is 0 Å². The molecule has 0 saturated carbocycles. The molecule has 1 aliphatic rings. The fraction of sp³-hybridized carbons (Fsp3) is 0.684. The first kappa shape index (κ1) is 16.5. The molecule has 2 rings (SSSR count). The van der Waals surface area contributed by atoms with E-state index in [9.17, 15) is 0 Å². The molecule has 2 nitrogen and oxygen atoms in total. The van der Waals surface area contributed by atoms with Gasteiger partial charge in [0.25, 0.3) is 0 Å². The second-order valence-electron chi connectivity index (χ2n) is 7.42. The van der Waals surface area contributed by atoms with Crippen molar-refractivity contribution in [1.82, 2.24) is 10.2 Å². The molecule has 2 atom stereocenters. The quantitative estimate of drug-likeness (QED) is 0.907. The number of hydrogen-bond donors (Lipinski definition) is 1. The summed E-state index contributed by atoms with van der Waals surface area (Å²) in [4.78, 5) is 2.69. The van der Waals surface area contributed by atoms with E-state index in [1.807, 2.05) is 0 Å². The van der Waals surface area contributed by atoms with Gasteiger partial charge in [0.15, 0.2) is 0 Å². The Hall–Kier alpha value is -0.860. The highest BCUT2D eigenvalue weighted by Gasteiger charge is 2.30. The van der Waals surface area contributed by atoms with Crippen LogP contribution < -0.4 is 5.32 Å². The highest BCUT2D eigenvalue weighted by molar-refractivity contribution is 5.30. The van der Waals surface area contributed by atoms with Gasteiger partial charge < -0.3 is 5.32 Å². The highest BCUT2D eigenvalue weighted by Crippen LogP contribution is 2.21. The zero-order valence-corrected chi connectivity index (χ0v) is 14.6. The van der Waals surface area contributed by atoms with Crippen molar-refractivity contribution < 1.29 is 0 Å². The number of hydrogen-bond acceptors (Lipinski definition) is 2. The van der Waals surface area contributed by atoms with Crippen LogP contribution in [0.4, 0.5) is 0 Å². The molecule has 118 valence electrons. The third-order valence-corrected chi connectivity index (χ3v) is 5.02. The van der Waals surface area contributed by atoms with E-state index < -0.39 is 0 Å². The molecule has 1 N–H and O–H groups in total. The Labute approximate surface area is 130 Å². The Bertz CT molecular complexity index is 465. The summed E-state index contributed by atoms with van der Waals surface area (Å²) < 4.78 is 0. The minimum Gasteiger partial charge on any atom is -0.311 e. The van der Waals surface area contributed by atoms with Gasteiger partial charge in [0.1, 0.15) is 0 Å². The molecule has 2 heteroatoms. The summed E-state index contributed by atoms with van der Waals surface area (Å²) in [5, 5.41) is 3.74. The molecule has 1 aromatic rings. The third kappa shape index (κ3) is 4.08. The Morgan fingerprint density at radius 3 is 2.38 bits per heavy atom. The molecule has 1 aromatic carbocycles. The highest BCUT2D eigenvalue weighted by atomic mass is 15.2. The standard InChI is InChI=1S/C19H32N2/c1-13(2)18-12-21(19(10-20-18)14(3)4)11-17-8-7-15(5)16(6)9-17/h7-9,13-14,18-20H,10-12H2,1-6H3. The first-order chi connectivity index (χ1) is 9.88. The molecular weight excluding hydrogens is 256 g/mol. The summed E-state index contributed by atoms with van der Waals surface area (Å²) in [5.41, 5.74) is 4.25. The van der Waals surface area contributed by atoms with Gasteiger partial charge in [-0.15, -0.1) is 0 Å². The summed E-state index contributed by atoms with van der Waals surface area (Å²) in [5.74, 6) is 1.39. The second kappa shape index (κ2) is 6.93. The van der Waals surface area contributed by atoms with Crippen molar-refractivity contribution in [3.63, 3.8) is 0 Å². The topological polar surface area (TPSA) is 15.3 Å². The van der Waals surface area contributed by atoms with E-state index in [1.165, 1.54) is 16.7 Å². The lowest BCUT2D eigenvalue weighted by Gasteiger charge is -2.43. The van der Waals surface area contributed by atoms with Gasteiger partial charge in [-0.1, -0.05) is 45.9 Å². The van der Waals surface area contributed by atoms with E-state index in [0.29, 0.717) is 23.9 Å². The normalized spacial score (nSPS) is 24.0. The Balaban J connectivity index is 2.13. The van der Waals surface area contributed by atoms with Gasteiger partial charge in [-0.05, 0) is 42.4 Å². The molecule has 0 amide bonds. The summed E-state index contributed by atoms with van der Waals surface area (Å²) in [6.07, 6.45) is 0. The molecule has 2 unspecified atom stereocenters. The van der Waals surface area contributed by atoms with E-state index >= 15 is 0 Å². The van der Waals surface area contributed by atoms with Crippen LogP contribution in [0, 0.1) is 25.7 Å². The molecular formula is C19H32N2. The van der Waals surface area contributed by atoms with Crippen molar-refractivity contribution in [2.24, 2.45) is 11.8 Å². The van der Waals surface area contributed by atoms with Gasteiger partial charge in [-0.25, -0.2) is 0 Å². The van der Waals surface area contributed by atoms with Gasteiger partial charge in [0, 0.05) is 31.7 Å². The van der Waals surface area contributed by atoms with E-state index in [1.54, 1.807) is 0 Å². The van der Waals surface area contributed by atoms with Crippen molar-refractivity contribution in [3.05, 3.63) is 34.9 Å². The van der Waals surface area contributed by atoms with Crippen LogP contribution in [-0.2, 0) is 6.54 Å². The van der Waals surface area contributed by atoms with Crippen LogP contribution in [0.1, 0.15) is 44.4 Å². The summed E-state index contributed by atoms with van der Waals surface area (Å²) in [6.45, 7) is 17.1. The fourth-order valence-electron chi connectivity index (χ4n) is 3.28. The maximum absolute atomic E-state index is 3.74. The SMILES string of the molecule is Cc1ccc(CN2CC(C(C)C)NCC2C(C)C)cc1C. The molecule has 0 aromatic heterocycles. The number of benzene rings is 1. The number of piperazine rings is 1.